The lowest BCUT2D eigenvalue weighted by atomic mass is 10.1. The lowest BCUT2D eigenvalue weighted by Gasteiger charge is -2.10. The number of carbonyl (C=O) groups excluding carboxylic acids is 1. The molecule has 2 aromatic carbocycles. The zero-order valence-corrected chi connectivity index (χ0v) is 15.0. The van der Waals surface area contributed by atoms with Crippen LogP contribution in [0.2, 0.25) is 10.0 Å². The highest BCUT2D eigenvalue weighted by atomic mass is 35.5. The van der Waals surface area contributed by atoms with E-state index in [9.17, 15) is 4.79 Å². The van der Waals surface area contributed by atoms with Crippen molar-refractivity contribution in [2.45, 2.75) is 0 Å². The van der Waals surface area contributed by atoms with Gasteiger partial charge in [0.15, 0.2) is 0 Å². The first-order chi connectivity index (χ1) is 12.0. The maximum absolute atomic E-state index is 12.2. The quantitative estimate of drug-likeness (QED) is 0.556. The van der Waals surface area contributed by atoms with Gasteiger partial charge in [0, 0.05) is 16.1 Å². The molecule has 1 heterocycles. The number of carbonyl (C=O) groups is 1. The van der Waals surface area contributed by atoms with E-state index in [0.29, 0.717) is 44.0 Å². The third-order valence-electron chi connectivity index (χ3n) is 3.67. The van der Waals surface area contributed by atoms with E-state index in [1.165, 1.54) is 0 Å². The summed E-state index contributed by atoms with van der Waals surface area (Å²) in [7, 11) is 3.11. The fourth-order valence-corrected chi connectivity index (χ4v) is 2.87. The highest BCUT2D eigenvalue weighted by Gasteiger charge is 2.24. The van der Waals surface area contributed by atoms with Crippen LogP contribution in [0.15, 0.2) is 48.0 Å². The lowest BCUT2D eigenvalue weighted by Crippen LogP contribution is -1.98. The van der Waals surface area contributed by atoms with Crippen molar-refractivity contribution in [2.75, 3.05) is 14.2 Å². The van der Waals surface area contributed by atoms with Crippen LogP contribution < -0.4 is 9.47 Å². The molecule has 0 N–H and O–H groups in total. The highest BCUT2D eigenvalue weighted by Crippen LogP contribution is 2.35. The third-order valence-corrected chi connectivity index (χ3v) is 4.24. The van der Waals surface area contributed by atoms with Gasteiger partial charge >= 0.3 is 5.97 Å². The molecule has 0 spiro atoms. The second-order valence-corrected chi connectivity index (χ2v) is 6.07. The van der Waals surface area contributed by atoms with Gasteiger partial charge in [0.05, 0.1) is 25.4 Å². The second-order valence-electron chi connectivity index (χ2n) is 5.23. The molecule has 1 aliphatic heterocycles. The number of benzene rings is 2. The van der Waals surface area contributed by atoms with Crippen LogP contribution in [0.25, 0.3) is 11.8 Å². The maximum atomic E-state index is 12.2. The molecule has 0 radical (unpaired) electrons. The minimum Gasteiger partial charge on any atom is -0.497 e. The molecule has 0 amide bonds. The summed E-state index contributed by atoms with van der Waals surface area (Å²) in [6.45, 7) is 0. The minimum atomic E-state index is -0.459. The van der Waals surface area contributed by atoms with Crippen molar-refractivity contribution in [2.24, 2.45) is 0 Å². The Morgan fingerprint density at radius 2 is 1.84 bits per heavy atom. The fourth-order valence-electron chi connectivity index (χ4n) is 2.41. The Morgan fingerprint density at radius 3 is 2.52 bits per heavy atom. The van der Waals surface area contributed by atoms with E-state index in [-0.39, 0.29) is 0 Å². The van der Waals surface area contributed by atoms with E-state index >= 15 is 0 Å². The monoisotopic (exact) mass is 376 g/mol. The molecule has 0 fully saturated rings. The van der Waals surface area contributed by atoms with Crippen molar-refractivity contribution in [3.05, 3.63) is 69.2 Å². The lowest BCUT2D eigenvalue weighted by molar-refractivity contribution is -0.130. The summed E-state index contributed by atoms with van der Waals surface area (Å²) in [4.78, 5) is 12.2. The molecule has 0 atom stereocenters. The van der Waals surface area contributed by atoms with Gasteiger partial charge in [0.25, 0.3) is 0 Å². The van der Waals surface area contributed by atoms with Crippen LogP contribution >= 0.6 is 23.2 Å². The Morgan fingerprint density at radius 1 is 1.04 bits per heavy atom. The summed E-state index contributed by atoms with van der Waals surface area (Å²) in [6.07, 6.45) is 3.31. The van der Waals surface area contributed by atoms with E-state index in [1.807, 2.05) is 0 Å². The molecule has 2 aromatic rings. The molecule has 1 aliphatic rings. The fraction of sp³-hybridized carbons (Fsp3) is 0.105. The molecule has 0 aliphatic carbocycles. The number of cyclic esters (lactones) is 1. The van der Waals surface area contributed by atoms with Crippen molar-refractivity contribution >= 4 is 41.0 Å². The molecule has 6 heteroatoms. The van der Waals surface area contributed by atoms with E-state index in [2.05, 4.69) is 0 Å². The van der Waals surface area contributed by atoms with Crippen molar-refractivity contribution in [1.82, 2.24) is 0 Å². The summed E-state index contributed by atoms with van der Waals surface area (Å²) in [5, 5.41) is 0.983. The zero-order chi connectivity index (χ0) is 18.0. The number of esters is 1. The average molecular weight is 377 g/mol. The van der Waals surface area contributed by atoms with E-state index in [4.69, 9.17) is 37.4 Å². The van der Waals surface area contributed by atoms with Crippen LogP contribution in [-0.2, 0) is 9.53 Å². The second kappa shape index (κ2) is 7.21. The summed E-state index contributed by atoms with van der Waals surface area (Å²) < 4.78 is 15.9. The smallest absolute Gasteiger partial charge is 0.343 e. The molecular formula is C19H14Cl2O4. The molecule has 4 nitrogen and oxygen atoms in total. The van der Waals surface area contributed by atoms with Gasteiger partial charge in [-0.05, 0) is 42.0 Å². The van der Waals surface area contributed by atoms with Crippen molar-refractivity contribution in [3.63, 3.8) is 0 Å². The number of rotatable bonds is 4. The normalized spacial score (nSPS) is 15.1. The SMILES string of the molecule is COc1ccc(C2=CC(=Cc3ccc(Cl)cc3Cl)C(=O)O2)c(OC)c1. The molecule has 25 heavy (non-hydrogen) atoms. The van der Waals surface area contributed by atoms with Gasteiger partial charge in [-0.3, -0.25) is 0 Å². The molecule has 0 unspecified atom stereocenters. The van der Waals surface area contributed by atoms with E-state index in [0.717, 1.165) is 0 Å². The first kappa shape index (κ1) is 17.4. The van der Waals surface area contributed by atoms with Gasteiger partial charge in [-0.2, -0.15) is 0 Å². The number of halogens is 2. The van der Waals surface area contributed by atoms with Gasteiger partial charge < -0.3 is 14.2 Å². The van der Waals surface area contributed by atoms with Crippen LogP contribution in [0.1, 0.15) is 11.1 Å². The maximum Gasteiger partial charge on any atom is 0.343 e. The van der Waals surface area contributed by atoms with Crippen LogP contribution in [0.3, 0.4) is 0 Å². The van der Waals surface area contributed by atoms with Crippen LogP contribution in [0.4, 0.5) is 0 Å². The van der Waals surface area contributed by atoms with Crippen LogP contribution in [-0.4, -0.2) is 20.2 Å². The van der Waals surface area contributed by atoms with Crippen molar-refractivity contribution in [1.29, 1.82) is 0 Å². The first-order valence-electron chi connectivity index (χ1n) is 7.35. The van der Waals surface area contributed by atoms with E-state index in [1.54, 1.807) is 62.8 Å². The van der Waals surface area contributed by atoms with Crippen molar-refractivity contribution < 1.29 is 19.0 Å². The highest BCUT2D eigenvalue weighted by molar-refractivity contribution is 6.35. The summed E-state index contributed by atoms with van der Waals surface area (Å²) in [5.41, 5.74) is 1.72. The molecular weight excluding hydrogens is 363 g/mol. The molecule has 0 saturated heterocycles. The van der Waals surface area contributed by atoms with Crippen LogP contribution in [0, 0.1) is 0 Å². The first-order valence-corrected chi connectivity index (χ1v) is 8.10. The summed E-state index contributed by atoms with van der Waals surface area (Å²) in [6, 6.07) is 10.3. The topological polar surface area (TPSA) is 44.8 Å². The molecule has 128 valence electrons. The van der Waals surface area contributed by atoms with E-state index < -0.39 is 5.97 Å². The number of hydrogen-bond donors (Lipinski definition) is 0. The Kier molecular flexibility index (Phi) is 5.02. The van der Waals surface area contributed by atoms with Gasteiger partial charge in [0.2, 0.25) is 0 Å². The predicted molar refractivity (Wildman–Crippen MR) is 98.1 cm³/mol. The summed E-state index contributed by atoms with van der Waals surface area (Å²) >= 11 is 12.0. The summed E-state index contributed by atoms with van der Waals surface area (Å²) in [5.74, 6) is 1.14. The Bertz CT molecular complexity index is 900. The van der Waals surface area contributed by atoms with Gasteiger partial charge in [-0.25, -0.2) is 4.79 Å². The number of hydrogen-bond acceptors (Lipinski definition) is 4. The van der Waals surface area contributed by atoms with Gasteiger partial charge in [0.1, 0.15) is 17.3 Å². The minimum absolute atomic E-state index is 0.386. The predicted octanol–water partition coefficient (Wildman–Crippen LogP) is 4.99. The zero-order valence-electron chi connectivity index (χ0n) is 13.5. The van der Waals surface area contributed by atoms with Gasteiger partial charge in [-0.15, -0.1) is 0 Å². The standard InChI is InChI=1S/C19H14Cl2O4/c1-23-14-5-6-15(17(10-14)24-2)18-8-12(19(22)25-18)7-11-3-4-13(20)9-16(11)21/h3-10H,1-2H3. The number of methoxy groups -OCH3 is 2. The third kappa shape index (κ3) is 3.65. The number of ether oxygens (including phenoxy) is 3. The Balaban J connectivity index is 1.99. The van der Waals surface area contributed by atoms with Crippen molar-refractivity contribution in [3.8, 4) is 11.5 Å². The van der Waals surface area contributed by atoms with Gasteiger partial charge in [-0.1, -0.05) is 29.3 Å². The molecule has 0 aromatic heterocycles. The van der Waals surface area contributed by atoms with Crippen LogP contribution in [0.5, 0.6) is 11.5 Å². The Hall–Kier alpha value is -2.43. The molecule has 3 rings (SSSR count). The molecule has 0 bridgehead atoms. The Labute approximate surface area is 155 Å². The largest absolute Gasteiger partial charge is 0.497 e. The molecule has 0 saturated carbocycles. The average Bonchev–Trinajstić information content (AvgIpc) is 2.97.